The van der Waals surface area contributed by atoms with E-state index in [9.17, 15) is 4.79 Å². The van der Waals surface area contributed by atoms with E-state index in [2.05, 4.69) is 27.8 Å². The lowest BCUT2D eigenvalue weighted by atomic mass is 10.1. The Morgan fingerprint density at radius 3 is 3.00 bits per heavy atom. The molecule has 1 amide bonds. The molecule has 16 heavy (non-hydrogen) atoms. The molecule has 1 N–H and O–H groups in total. The van der Waals surface area contributed by atoms with E-state index in [4.69, 9.17) is 4.74 Å². The van der Waals surface area contributed by atoms with Crippen LogP contribution >= 0.6 is 15.9 Å². The fourth-order valence-electron chi connectivity index (χ4n) is 1.11. The van der Waals surface area contributed by atoms with Crippen molar-refractivity contribution >= 4 is 22.0 Å². The Balaban J connectivity index is 2.45. The van der Waals surface area contributed by atoms with Crippen LogP contribution in [0.15, 0.2) is 35.3 Å². The van der Waals surface area contributed by atoms with Crippen molar-refractivity contribution in [2.75, 3.05) is 6.61 Å². The molecule has 0 spiro atoms. The van der Waals surface area contributed by atoms with E-state index in [-0.39, 0.29) is 6.61 Å². The molecule has 0 bridgehead atoms. The summed E-state index contributed by atoms with van der Waals surface area (Å²) in [4.78, 5) is 11.1. The number of hydrogen-bond acceptors (Lipinski definition) is 2. The first-order chi connectivity index (χ1) is 7.63. The fraction of sp³-hybridized carbons (Fsp3) is 0.250. The number of amides is 1. The number of hydrogen-bond donors (Lipinski definition) is 1. The SMILES string of the molecule is C=CCOC(=O)NCc1ccc(C)c(Br)c1. The van der Waals surface area contributed by atoms with Crippen LogP contribution in [0.25, 0.3) is 0 Å². The van der Waals surface area contributed by atoms with Crippen molar-refractivity contribution in [1.29, 1.82) is 0 Å². The number of carbonyl (C=O) groups is 1. The van der Waals surface area contributed by atoms with Gasteiger partial charge in [0.2, 0.25) is 0 Å². The van der Waals surface area contributed by atoms with Gasteiger partial charge in [-0.3, -0.25) is 0 Å². The minimum absolute atomic E-state index is 0.226. The second-order valence-electron chi connectivity index (χ2n) is 3.32. The third kappa shape index (κ3) is 4.06. The highest BCUT2D eigenvalue weighted by Crippen LogP contribution is 2.17. The average molecular weight is 284 g/mol. The summed E-state index contributed by atoms with van der Waals surface area (Å²) < 4.78 is 5.82. The molecule has 0 aromatic heterocycles. The molecular formula is C12H14BrNO2. The quantitative estimate of drug-likeness (QED) is 0.862. The first-order valence-corrected chi connectivity index (χ1v) is 5.69. The largest absolute Gasteiger partial charge is 0.445 e. The molecular weight excluding hydrogens is 270 g/mol. The molecule has 1 aromatic carbocycles. The molecule has 86 valence electrons. The maximum atomic E-state index is 11.1. The van der Waals surface area contributed by atoms with Crippen molar-refractivity contribution in [1.82, 2.24) is 5.32 Å². The Hall–Kier alpha value is -1.29. The molecule has 1 aromatic rings. The lowest BCUT2D eigenvalue weighted by molar-refractivity contribution is 0.158. The minimum atomic E-state index is -0.434. The number of carbonyl (C=O) groups excluding carboxylic acids is 1. The maximum Gasteiger partial charge on any atom is 0.407 e. The second-order valence-corrected chi connectivity index (χ2v) is 4.18. The highest BCUT2D eigenvalue weighted by Gasteiger charge is 2.01. The van der Waals surface area contributed by atoms with Gasteiger partial charge in [-0.05, 0) is 24.1 Å². The lowest BCUT2D eigenvalue weighted by Crippen LogP contribution is -2.23. The van der Waals surface area contributed by atoms with Crippen LogP contribution in [-0.4, -0.2) is 12.7 Å². The van der Waals surface area contributed by atoms with Crippen molar-refractivity contribution in [3.05, 3.63) is 46.5 Å². The van der Waals surface area contributed by atoms with Crippen LogP contribution in [0.2, 0.25) is 0 Å². The summed E-state index contributed by atoms with van der Waals surface area (Å²) in [5.41, 5.74) is 2.19. The van der Waals surface area contributed by atoms with Gasteiger partial charge in [-0.1, -0.05) is 40.7 Å². The van der Waals surface area contributed by atoms with Crippen LogP contribution < -0.4 is 5.32 Å². The lowest BCUT2D eigenvalue weighted by Gasteiger charge is -2.06. The highest BCUT2D eigenvalue weighted by atomic mass is 79.9. The molecule has 0 atom stereocenters. The summed E-state index contributed by atoms with van der Waals surface area (Å²) in [7, 11) is 0. The fourth-order valence-corrected chi connectivity index (χ4v) is 1.53. The van der Waals surface area contributed by atoms with Gasteiger partial charge in [0, 0.05) is 11.0 Å². The zero-order chi connectivity index (χ0) is 12.0. The molecule has 1 rings (SSSR count). The Morgan fingerprint density at radius 2 is 2.38 bits per heavy atom. The smallest absolute Gasteiger partial charge is 0.407 e. The summed E-state index contributed by atoms with van der Waals surface area (Å²) in [6.45, 7) is 6.15. The second kappa shape index (κ2) is 6.33. The van der Waals surface area contributed by atoms with E-state index in [1.807, 2.05) is 25.1 Å². The topological polar surface area (TPSA) is 38.3 Å². The van der Waals surface area contributed by atoms with Crippen LogP contribution in [0.5, 0.6) is 0 Å². The predicted octanol–water partition coefficient (Wildman–Crippen LogP) is 3.17. The third-order valence-electron chi connectivity index (χ3n) is 2.01. The molecule has 0 aliphatic heterocycles. The van der Waals surface area contributed by atoms with Gasteiger partial charge in [-0.15, -0.1) is 0 Å². The van der Waals surface area contributed by atoms with Gasteiger partial charge in [0.05, 0.1) is 0 Å². The summed E-state index contributed by atoms with van der Waals surface area (Å²) in [5, 5.41) is 2.65. The van der Waals surface area contributed by atoms with Crippen molar-refractivity contribution < 1.29 is 9.53 Å². The number of aryl methyl sites for hydroxylation is 1. The van der Waals surface area contributed by atoms with Gasteiger partial charge in [0.15, 0.2) is 0 Å². The van der Waals surface area contributed by atoms with E-state index >= 15 is 0 Å². The number of halogens is 1. The standard InChI is InChI=1S/C12H14BrNO2/c1-3-6-16-12(15)14-8-10-5-4-9(2)11(13)7-10/h3-5,7H,1,6,8H2,2H3,(H,14,15). The summed E-state index contributed by atoms with van der Waals surface area (Å²) in [6, 6.07) is 5.94. The van der Waals surface area contributed by atoms with Gasteiger partial charge >= 0.3 is 6.09 Å². The Morgan fingerprint density at radius 1 is 1.62 bits per heavy atom. The zero-order valence-corrected chi connectivity index (χ0v) is 10.7. The molecule has 0 fully saturated rings. The number of benzene rings is 1. The molecule has 3 nitrogen and oxygen atoms in total. The molecule has 0 saturated carbocycles. The molecule has 0 heterocycles. The Bertz CT molecular complexity index is 391. The van der Waals surface area contributed by atoms with Gasteiger partial charge in [0.1, 0.15) is 6.61 Å². The number of rotatable bonds is 4. The molecule has 0 unspecified atom stereocenters. The van der Waals surface area contributed by atoms with Gasteiger partial charge < -0.3 is 10.1 Å². The molecule has 0 saturated heterocycles. The summed E-state index contributed by atoms with van der Waals surface area (Å²) in [5.74, 6) is 0. The van der Waals surface area contributed by atoms with Crippen LogP contribution in [0.4, 0.5) is 4.79 Å². The number of nitrogens with one attached hydrogen (secondary N) is 1. The first kappa shape index (κ1) is 12.8. The first-order valence-electron chi connectivity index (χ1n) is 4.90. The van der Waals surface area contributed by atoms with E-state index in [1.54, 1.807) is 0 Å². The predicted molar refractivity (Wildman–Crippen MR) is 67.3 cm³/mol. The van der Waals surface area contributed by atoms with E-state index in [0.29, 0.717) is 6.54 Å². The van der Waals surface area contributed by atoms with Crippen LogP contribution in [-0.2, 0) is 11.3 Å². The van der Waals surface area contributed by atoms with Crippen LogP contribution in [0, 0.1) is 6.92 Å². The van der Waals surface area contributed by atoms with E-state index < -0.39 is 6.09 Å². The molecule has 0 aliphatic rings. The molecule has 0 aliphatic carbocycles. The van der Waals surface area contributed by atoms with Crippen molar-refractivity contribution in [3.63, 3.8) is 0 Å². The van der Waals surface area contributed by atoms with Gasteiger partial charge in [0.25, 0.3) is 0 Å². The normalized spacial score (nSPS) is 9.62. The van der Waals surface area contributed by atoms with E-state index in [0.717, 1.165) is 15.6 Å². The summed E-state index contributed by atoms with van der Waals surface area (Å²) >= 11 is 3.44. The third-order valence-corrected chi connectivity index (χ3v) is 2.86. The highest BCUT2D eigenvalue weighted by molar-refractivity contribution is 9.10. The van der Waals surface area contributed by atoms with Crippen molar-refractivity contribution in [2.45, 2.75) is 13.5 Å². The molecule has 0 radical (unpaired) electrons. The maximum absolute atomic E-state index is 11.1. The van der Waals surface area contributed by atoms with Gasteiger partial charge in [-0.25, -0.2) is 4.79 Å². The van der Waals surface area contributed by atoms with E-state index in [1.165, 1.54) is 6.08 Å². The minimum Gasteiger partial charge on any atom is -0.445 e. The monoisotopic (exact) mass is 283 g/mol. The van der Waals surface area contributed by atoms with Crippen molar-refractivity contribution in [2.24, 2.45) is 0 Å². The zero-order valence-electron chi connectivity index (χ0n) is 9.13. The van der Waals surface area contributed by atoms with Gasteiger partial charge in [-0.2, -0.15) is 0 Å². The van der Waals surface area contributed by atoms with Crippen molar-refractivity contribution in [3.8, 4) is 0 Å². The number of ether oxygens (including phenoxy) is 1. The van der Waals surface area contributed by atoms with Crippen LogP contribution in [0.1, 0.15) is 11.1 Å². The van der Waals surface area contributed by atoms with Crippen LogP contribution in [0.3, 0.4) is 0 Å². The summed E-state index contributed by atoms with van der Waals surface area (Å²) in [6.07, 6.45) is 1.10. The number of alkyl carbamates (subject to hydrolysis) is 1. The Labute approximate surface area is 104 Å². The molecule has 4 heteroatoms. The Kier molecular flexibility index (Phi) is 5.05. The average Bonchev–Trinajstić information content (AvgIpc) is 2.28.